The first kappa shape index (κ1) is 24.8. The van der Waals surface area contributed by atoms with Crippen LogP contribution in [0.4, 0.5) is 18.9 Å². The fourth-order valence-corrected chi connectivity index (χ4v) is 4.76. The van der Waals surface area contributed by atoms with Crippen LogP contribution in [0.1, 0.15) is 37.3 Å². The second-order valence-electron chi connectivity index (χ2n) is 8.94. The molecule has 0 N–H and O–H groups in total. The normalized spacial score (nSPS) is 20.1. The highest BCUT2D eigenvalue weighted by Crippen LogP contribution is 2.46. The van der Waals surface area contributed by atoms with E-state index in [0.717, 1.165) is 12.1 Å². The van der Waals surface area contributed by atoms with Crippen LogP contribution in [0.15, 0.2) is 18.2 Å². The first-order valence-corrected chi connectivity index (χ1v) is 11.0. The van der Waals surface area contributed by atoms with Crippen molar-refractivity contribution in [2.75, 3.05) is 51.8 Å². The second-order valence-corrected chi connectivity index (χ2v) is 8.94. The van der Waals surface area contributed by atoms with Gasteiger partial charge in [-0.2, -0.15) is 18.4 Å². The number of piperidine rings is 1. The van der Waals surface area contributed by atoms with E-state index in [4.69, 9.17) is 10.00 Å². The molecule has 33 heavy (non-hydrogen) atoms. The molecule has 10 heteroatoms. The van der Waals surface area contributed by atoms with E-state index in [1.165, 1.54) is 11.0 Å². The van der Waals surface area contributed by atoms with Crippen molar-refractivity contribution >= 4 is 17.5 Å². The lowest BCUT2D eigenvalue weighted by Gasteiger charge is -2.39. The van der Waals surface area contributed by atoms with Crippen molar-refractivity contribution in [2.24, 2.45) is 5.41 Å². The van der Waals surface area contributed by atoms with Gasteiger partial charge in [0.15, 0.2) is 0 Å². The minimum absolute atomic E-state index is 0.0306. The molecule has 1 aromatic rings. The first-order valence-electron chi connectivity index (χ1n) is 11.0. The molecule has 0 radical (unpaired) electrons. The number of rotatable bonds is 5. The number of alkyl halides is 3. The molecule has 0 aromatic heterocycles. The molecule has 1 unspecified atom stereocenters. The summed E-state index contributed by atoms with van der Waals surface area (Å²) in [7, 11) is 3.25. The zero-order valence-electron chi connectivity index (χ0n) is 19.1. The zero-order chi connectivity index (χ0) is 24.4. The molecule has 1 atom stereocenters. The molecule has 0 saturated carbocycles. The molecule has 0 bridgehead atoms. The number of nitrogens with zero attached hydrogens (tertiary/aromatic N) is 4. The minimum atomic E-state index is -4.67. The van der Waals surface area contributed by atoms with Crippen LogP contribution < -0.4 is 4.90 Å². The molecule has 1 spiro atoms. The Hall–Kier alpha value is -2.80. The molecule has 2 heterocycles. The third-order valence-corrected chi connectivity index (χ3v) is 6.60. The minimum Gasteiger partial charge on any atom is -0.372 e. The van der Waals surface area contributed by atoms with E-state index in [2.05, 4.69) is 0 Å². The van der Waals surface area contributed by atoms with Gasteiger partial charge in [-0.1, -0.05) is 0 Å². The Morgan fingerprint density at radius 2 is 1.94 bits per heavy atom. The fraction of sp³-hybridized carbons (Fsp3) is 0.609. The highest BCUT2D eigenvalue weighted by molar-refractivity contribution is 5.86. The van der Waals surface area contributed by atoms with Crippen molar-refractivity contribution in [1.29, 1.82) is 5.26 Å². The summed E-state index contributed by atoms with van der Waals surface area (Å²) in [6, 6.07) is 4.59. The number of nitriles is 1. The van der Waals surface area contributed by atoms with Gasteiger partial charge in [0.25, 0.3) is 0 Å². The van der Waals surface area contributed by atoms with E-state index in [1.807, 2.05) is 6.92 Å². The highest BCUT2D eigenvalue weighted by atomic mass is 19.4. The predicted octanol–water partition coefficient (Wildman–Crippen LogP) is 2.89. The molecule has 1 aromatic carbocycles. The summed E-state index contributed by atoms with van der Waals surface area (Å²) in [5, 5.41) is 9.11. The lowest BCUT2D eigenvalue weighted by molar-refractivity contribution is -0.138. The number of likely N-dealkylation sites (N-methyl/N-ethyl adjacent to an activating group) is 1. The summed E-state index contributed by atoms with van der Waals surface area (Å²) in [4.78, 5) is 30.2. The molecule has 7 nitrogen and oxygen atoms in total. The van der Waals surface area contributed by atoms with E-state index < -0.39 is 23.3 Å². The fourth-order valence-electron chi connectivity index (χ4n) is 4.76. The van der Waals surface area contributed by atoms with Crippen LogP contribution in [0.3, 0.4) is 0 Å². The SMILES string of the molecule is CCOCC(=O)N1CCC2(CC1)CC(C(=O)N(C)C)N(c1ccc(C#N)c(C(F)(F)F)c1)C2. The summed E-state index contributed by atoms with van der Waals surface area (Å²) >= 11 is 0. The number of carbonyl (C=O) groups is 2. The predicted molar refractivity (Wildman–Crippen MR) is 115 cm³/mol. The maximum atomic E-state index is 13.5. The number of amides is 2. The average molecular weight is 467 g/mol. The Balaban J connectivity index is 1.87. The van der Waals surface area contributed by atoms with Gasteiger partial charge in [-0.05, 0) is 49.8 Å². The van der Waals surface area contributed by atoms with Crippen LogP contribution in [0.25, 0.3) is 0 Å². The van der Waals surface area contributed by atoms with Gasteiger partial charge < -0.3 is 19.4 Å². The molecule has 3 rings (SSSR count). The number of likely N-dealkylation sites (tertiary alicyclic amines) is 1. The van der Waals surface area contributed by atoms with Crippen molar-refractivity contribution in [3.8, 4) is 6.07 Å². The summed E-state index contributed by atoms with van der Waals surface area (Å²) in [6.07, 6.45) is -2.87. The van der Waals surface area contributed by atoms with Crippen molar-refractivity contribution in [3.05, 3.63) is 29.3 Å². The van der Waals surface area contributed by atoms with Gasteiger partial charge in [-0.3, -0.25) is 9.59 Å². The van der Waals surface area contributed by atoms with Gasteiger partial charge in [0.1, 0.15) is 12.6 Å². The number of ether oxygens (including phenoxy) is 1. The Morgan fingerprint density at radius 3 is 2.48 bits per heavy atom. The quantitative estimate of drug-likeness (QED) is 0.667. The Kier molecular flexibility index (Phi) is 7.22. The summed E-state index contributed by atoms with van der Waals surface area (Å²) in [5.41, 5.74) is -1.47. The van der Waals surface area contributed by atoms with Gasteiger partial charge >= 0.3 is 6.18 Å². The van der Waals surface area contributed by atoms with E-state index >= 15 is 0 Å². The van der Waals surface area contributed by atoms with Crippen LogP contribution >= 0.6 is 0 Å². The largest absolute Gasteiger partial charge is 0.417 e. The molecule has 2 fully saturated rings. The van der Waals surface area contributed by atoms with Gasteiger partial charge in [0.2, 0.25) is 11.8 Å². The van der Waals surface area contributed by atoms with Gasteiger partial charge in [0, 0.05) is 46.0 Å². The third-order valence-electron chi connectivity index (χ3n) is 6.60. The molecule has 180 valence electrons. The zero-order valence-corrected chi connectivity index (χ0v) is 19.1. The molecule has 2 amide bonds. The summed E-state index contributed by atoms with van der Waals surface area (Å²) < 4.78 is 45.9. The van der Waals surface area contributed by atoms with Crippen LogP contribution in [0.2, 0.25) is 0 Å². The number of hydrogen-bond donors (Lipinski definition) is 0. The highest BCUT2D eigenvalue weighted by Gasteiger charge is 2.49. The summed E-state index contributed by atoms with van der Waals surface area (Å²) in [6.45, 7) is 3.75. The topological polar surface area (TPSA) is 76.9 Å². The van der Waals surface area contributed by atoms with Crippen molar-refractivity contribution in [1.82, 2.24) is 9.80 Å². The van der Waals surface area contributed by atoms with Gasteiger partial charge in [0.05, 0.1) is 17.2 Å². The van der Waals surface area contributed by atoms with Crippen LogP contribution in [0, 0.1) is 16.7 Å². The van der Waals surface area contributed by atoms with Crippen LogP contribution in [-0.4, -0.2) is 74.6 Å². The standard InChI is InChI=1S/C23H29F3N4O3/c1-4-33-14-20(31)29-9-7-22(8-10-29)12-19(21(32)28(2)3)30(15-22)17-6-5-16(13-27)18(11-17)23(24,25)26/h5-6,11,19H,4,7-10,12,14-15H2,1-3H3. The maximum absolute atomic E-state index is 13.5. The van der Waals surface area contributed by atoms with E-state index in [0.29, 0.717) is 45.5 Å². The Labute approximate surface area is 191 Å². The van der Waals surface area contributed by atoms with Crippen LogP contribution in [-0.2, 0) is 20.5 Å². The van der Waals surface area contributed by atoms with Gasteiger partial charge in [-0.25, -0.2) is 0 Å². The van der Waals surface area contributed by atoms with Gasteiger partial charge in [-0.15, -0.1) is 0 Å². The average Bonchev–Trinajstić information content (AvgIpc) is 3.15. The lowest BCUT2D eigenvalue weighted by atomic mass is 9.76. The number of hydrogen-bond acceptors (Lipinski definition) is 5. The number of anilines is 1. The van der Waals surface area contributed by atoms with E-state index in [-0.39, 0.29) is 29.5 Å². The smallest absolute Gasteiger partial charge is 0.372 e. The first-order chi connectivity index (χ1) is 15.5. The Morgan fingerprint density at radius 1 is 1.27 bits per heavy atom. The molecule has 2 aliphatic heterocycles. The number of carbonyl (C=O) groups excluding carboxylic acids is 2. The van der Waals surface area contributed by atoms with Crippen molar-refractivity contribution in [2.45, 2.75) is 38.4 Å². The van der Waals surface area contributed by atoms with Crippen LogP contribution in [0.5, 0.6) is 0 Å². The number of halogens is 3. The molecule has 2 saturated heterocycles. The second kappa shape index (κ2) is 9.59. The van der Waals surface area contributed by atoms with Crippen molar-refractivity contribution in [3.63, 3.8) is 0 Å². The monoisotopic (exact) mass is 466 g/mol. The lowest BCUT2D eigenvalue weighted by Crippen LogP contribution is -2.45. The molecular weight excluding hydrogens is 437 g/mol. The van der Waals surface area contributed by atoms with Crippen molar-refractivity contribution < 1.29 is 27.5 Å². The molecule has 2 aliphatic rings. The summed E-state index contributed by atoms with van der Waals surface area (Å²) in [5.74, 6) is -0.260. The molecular formula is C23H29F3N4O3. The maximum Gasteiger partial charge on any atom is 0.417 e. The Bertz CT molecular complexity index is 934. The third kappa shape index (κ3) is 5.24. The number of benzene rings is 1. The van der Waals surface area contributed by atoms with E-state index in [1.54, 1.807) is 30.0 Å². The molecule has 0 aliphatic carbocycles. The van der Waals surface area contributed by atoms with E-state index in [9.17, 15) is 22.8 Å².